The largest absolute Gasteiger partial charge is 0.396 e. The van der Waals surface area contributed by atoms with Crippen molar-refractivity contribution in [1.82, 2.24) is 0 Å². The summed E-state index contributed by atoms with van der Waals surface area (Å²) in [6, 6.07) is 0. The molecule has 1 nitrogen and oxygen atoms in total. The second-order valence-electron chi connectivity index (χ2n) is 1.93. The highest BCUT2D eigenvalue weighted by molar-refractivity contribution is 4.49. The monoisotopic (exact) mass is 101 g/mol. The first-order valence-corrected chi connectivity index (χ1v) is 2.71. The summed E-state index contributed by atoms with van der Waals surface area (Å²) < 4.78 is 0. The van der Waals surface area contributed by atoms with Gasteiger partial charge in [0.15, 0.2) is 0 Å². The molecule has 0 aliphatic heterocycles. The van der Waals surface area contributed by atoms with Crippen LogP contribution in [0.1, 0.15) is 19.8 Å². The van der Waals surface area contributed by atoms with Crippen LogP contribution >= 0.6 is 0 Å². The van der Waals surface area contributed by atoms with E-state index in [1.54, 1.807) is 0 Å². The van der Waals surface area contributed by atoms with Gasteiger partial charge in [-0.3, -0.25) is 0 Å². The molecular weight excluding hydrogens is 88.1 g/mol. The molecule has 1 atom stereocenters. The van der Waals surface area contributed by atoms with Crippen LogP contribution in [-0.4, -0.2) is 11.7 Å². The van der Waals surface area contributed by atoms with Crippen molar-refractivity contribution >= 4 is 0 Å². The third-order valence-corrected chi connectivity index (χ3v) is 1.01. The molecule has 0 aliphatic carbocycles. The van der Waals surface area contributed by atoms with Gasteiger partial charge in [0, 0.05) is 6.61 Å². The van der Waals surface area contributed by atoms with Gasteiger partial charge >= 0.3 is 0 Å². The van der Waals surface area contributed by atoms with Crippen LogP contribution in [0.5, 0.6) is 0 Å². The topological polar surface area (TPSA) is 20.2 Å². The van der Waals surface area contributed by atoms with Gasteiger partial charge in [0.2, 0.25) is 0 Å². The number of hydrogen-bond acceptors (Lipinski definition) is 1. The summed E-state index contributed by atoms with van der Waals surface area (Å²) in [6.07, 6.45) is 1.97. The van der Waals surface area contributed by atoms with E-state index in [4.69, 9.17) is 5.11 Å². The van der Waals surface area contributed by atoms with Crippen molar-refractivity contribution in [1.29, 1.82) is 0 Å². The fourth-order valence-electron chi connectivity index (χ4n) is 0.440. The number of rotatable bonds is 3. The molecule has 1 N–H and O–H groups in total. The zero-order valence-electron chi connectivity index (χ0n) is 4.85. The molecule has 0 fully saturated rings. The lowest BCUT2D eigenvalue weighted by Gasteiger charge is -2.01. The molecule has 1 radical (unpaired) electrons. The molecule has 0 aliphatic rings. The van der Waals surface area contributed by atoms with E-state index in [0.717, 1.165) is 12.8 Å². The van der Waals surface area contributed by atoms with Crippen molar-refractivity contribution in [3.05, 3.63) is 6.92 Å². The average Bonchev–Trinajstić information content (AvgIpc) is 1.68. The Morgan fingerprint density at radius 1 is 1.71 bits per heavy atom. The first-order chi connectivity index (χ1) is 3.31. The van der Waals surface area contributed by atoms with Crippen molar-refractivity contribution in [2.45, 2.75) is 19.8 Å². The van der Waals surface area contributed by atoms with Crippen molar-refractivity contribution in [2.24, 2.45) is 5.92 Å². The lowest BCUT2D eigenvalue weighted by atomic mass is 10.1. The molecule has 0 saturated heterocycles. The molecule has 0 aromatic heterocycles. The standard InChI is InChI=1S/C6H13O/c1-3-4-6(2)5-7/h6-7H,1,3-5H2,2H3. The molecule has 0 spiro atoms. The fourth-order valence-corrected chi connectivity index (χ4v) is 0.440. The third kappa shape index (κ3) is 3.80. The van der Waals surface area contributed by atoms with Crippen LogP contribution in [0.2, 0.25) is 0 Å². The summed E-state index contributed by atoms with van der Waals surface area (Å²) in [4.78, 5) is 0. The highest BCUT2D eigenvalue weighted by atomic mass is 16.3. The molecule has 7 heavy (non-hydrogen) atoms. The summed E-state index contributed by atoms with van der Waals surface area (Å²) in [5.41, 5.74) is 0. The van der Waals surface area contributed by atoms with Crippen LogP contribution in [0.3, 0.4) is 0 Å². The Balaban J connectivity index is 2.83. The highest BCUT2D eigenvalue weighted by Crippen LogP contribution is 2.01. The predicted molar refractivity (Wildman–Crippen MR) is 30.8 cm³/mol. The van der Waals surface area contributed by atoms with Crippen LogP contribution in [0.4, 0.5) is 0 Å². The number of hydrogen-bond donors (Lipinski definition) is 1. The third-order valence-electron chi connectivity index (χ3n) is 1.01. The van der Waals surface area contributed by atoms with E-state index in [-0.39, 0.29) is 0 Å². The Morgan fingerprint density at radius 3 is 2.43 bits per heavy atom. The van der Waals surface area contributed by atoms with E-state index in [1.807, 2.05) is 6.92 Å². The maximum atomic E-state index is 8.44. The van der Waals surface area contributed by atoms with Crippen molar-refractivity contribution in [2.75, 3.05) is 6.61 Å². The normalized spacial score (nSPS) is 14.1. The van der Waals surface area contributed by atoms with Crippen molar-refractivity contribution in [3.8, 4) is 0 Å². The van der Waals surface area contributed by atoms with Crippen LogP contribution in [0, 0.1) is 12.8 Å². The van der Waals surface area contributed by atoms with Crippen LogP contribution < -0.4 is 0 Å². The Hall–Kier alpha value is -0.0400. The summed E-state index contributed by atoms with van der Waals surface area (Å²) in [6.45, 7) is 5.98. The SMILES string of the molecule is [CH2]CCC(C)CO. The van der Waals surface area contributed by atoms with Gasteiger partial charge in [0.1, 0.15) is 0 Å². The summed E-state index contributed by atoms with van der Waals surface area (Å²) in [5, 5.41) is 8.44. The average molecular weight is 101 g/mol. The lowest BCUT2D eigenvalue weighted by molar-refractivity contribution is 0.231. The molecule has 0 aromatic carbocycles. The summed E-state index contributed by atoms with van der Waals surface area (Å²) in [7, 11) is 0. The van der Waals surface area contributed by atoms with Crippen LogP contribution in [0.25, 0.3) is 0 Å². The molecule has 43 valence electrons. The minimum atomic E-state index is 0.301. The minimum absolute atomic E-state index is 0.301. The maximum absolute atomic E-state index is 8.44. The fraction of sp³-hybridized carbons (Fsp3) is 0.833. The van der Waals surface area contributed by atoms with Gasteiger partial charge in [-0.25, -0.2) is 0 Å². The van der Waals surface area contributed by atoms with E-state index in [1.165, 1.54) is 0 Å². The quantitative estimate of drug-likeness (QED) is 0.567. The van der Waals surface area contributed by atoms with Gasteiger partial charge < -0.3 is 5.11 Å². The lowest BCUT2D eigenvalue weighted by Crippen LogP contribution is -1.98. The smallest absolute Gasteiger partial charge is 0.0456 e. The van der Waals surface area contributed by atoms with Gasteiger partial charge in [-0.15, -0.1) is 0 Å². The molecule has 0 saturated carbocycles. The van der Waals surface area contributed by atoms with E-state index in [0.29, 0.717) is 12.5 Å². The second kappa shape index (κ2) is 4.13. The molecule has 0 aromatic rings. The Bertz CT molecular complexity index is 35.2. The summed E-state index contributed by atoms with van der Waals surface area (Å²) >= 11 is 0. The second-order valence-corrected chi connectivity index (χ2v) is 1.93. The molecule has 1 unspecified atom stereocenters. The molecule has 0 rings (SSSR count). The van der Waals surface area contributed by atoms with E-state index >= 15 is 0 Å². The first-order valence-electron chi connectivity index (χ1n) is 2.71. The van der Waals surface area contributed by atoms with Gasteiger partial charge in [0.05, 0.1) is 0 Å². The van der Waals surface area contributed by atoms with Gasteiger partial charge in [-0.1, -0.05) is 20.3 Å². The van der Waals surface area contributed by atoms with Gasteiger partial charge in [0.25, 0.3) is 0 Å². The summed E-state index contributed by atoms with van der Waals surface area (Å²) in [5.74, 6) is 0.442. The predicted octanol–water partition coefficient (Wildman–Crippen LogP) is 1.23. The molecule has 0 heterocycles. The zero-order valence-corrected chi connectivity index (χ0v) is 4.85. The van der Waals surface area contributed by atoms with E-state index < -0.39 is 0 Å². The number of aliphatic hydroxyl groups excluding tert-OH is 1. The Labute approximate surface area is 45.4 Å². The van der Waals surface area contributed by atoms with Gasteiger partial charge in [-0.2, -0.15) is 0 Å². The molecule has 0 amide bonds. The van der Waals surface area contributed by atoms with Gasteiger partial charge in [-0.05, 0) is 12.3 Å². The molecule has 1 heteroatoms. The minimum Gasteiger partial charge on any atom is -0.396 e. The van der Waals surface area contributed by atoms with Crippen LogP contribution in [0.15, 0.2) is 0 Å². The zero-order chi connectivity index (χ0) is 5.70. The molecule has 0 bridgehead atoms. The Kier molecular flexibility index (Phi) is 4.10. The van der Waals surface area contributed by atoms with Crippen molar-refractivity contribution < 1.29 is 5.11 Å². The van der Waals surface area contributed by atoms with E-state index in [2.05, 4.69) is 6.92 Å². The number of aliphatic hydroxyl groups is 1. The van der Waals surface area contributed by atoms with Crippen LogP contribution in [-0.2, 0) is 0 Å². The maximum Gasteiger partial charge on any atom is 0.0456 e. The van der Waals surface area contributed by atoms with E-state index in [9.17, 15) is 0 Å². The first kappa shape index (κ1) is 6.96. The highest BCUT2D eigenvalue weighted by Gasteiger charge is 1.94. The Morgan fingerprint density at radius 2 is 2.29 bits per heavy atom. The molecular formula is C6H13O. The van der Waals surface area contributed by atoms with Crippen molar-refractivity contribution in [3.63, 3.8) is 0 Å².